The van der Waals surface area contributed by atoms with Gasteiger partial charge in [-0.05, 0) is 36.8 Å². The summed E-state index contributed by atoms with van der Waals surface area (Å²) in [4.78, 5) is 4.23. The minimum Gasteiger partial charge on any atom is -0.440 e. The zero-order valence-electron chi connectivity index (χ0n) is 9.80. The van der Waals surface area contributed by atoms with Crippen LogP contribution in [-0.2, 0) is 0 Å². The molecular weight excluding hydrogens is 292 g/mol. The number of pyridine rings is 1. The minimum absolute atomic E-state index is 0.756. The molecule has 3 aromatic rings. The van der Waals surface area contributed by atoms with E-state index < -0.39 is 0 Å². The van der Waals surface area contributed by atoms with Crippen LogP contribution in [-0.4, -0.2) is 9.38 Å². The number of ether oxygens (including phenoxy) is 1. The summed E-state index contributed by atoms with van der Waals surface area (Å²) in [7, 11) is 0. The largest absolute Gasteiger partial charge is 0.440 e. The Kier molecular flexibility index (Phi) is 2.80. The molecule has 0 N–H and O–H groups in total. The van der Waals surface area contributed by atoms with Gasteiger partial charge in [0, 0.05) is 16.9 Å². The molecule has 0 saturated carbocycles. The summed E-state index contributed by atoms with van der Waals surface area (Å²) in [5, 5.41) is 0. The summed E-state index contributed by atoms with van der Waals surface area (Å²) >= 11 is 3.45. The molecule has 4 heteroatoms. The van der Waals surface area contributed by atoms with E-state index in [1.54, 1.807) is 6.20 Å². The van der Waals surface area contributed by atoms with Crippen molar-refractivity contribution in [2.45, 2.75) is 6.92 Å². The van der Waals surface area contributed by atoms with Gasteiger partial charge in [0.2, 0.25) is 5.88 Å². The monoisotopic (exact) mass is 302 g/mol. The van der Waals surface area contributed by atoms with Gasteiger partial charge in [-0.3, -0.25) is 4.40 Å². The van der Waals surface area contributed by atoms with Gasteiger partial charge in [-0.15, -0.1) is 0 Å². The lowest BCUT2D eigenvalue weighted by molar-refractivity contribution is 0.452. The molecule has 0 bridgehead atoms. The summed E-state index contributed by atoms with van der Waals surface area (Å²) < 4.78 is 8.87. The molecule has 0 aliphatic carbocycles. The van der Waals surface area contributed by atoms with Crippen LogP contribution in [0.4, 0.5) is 0 Å². The Hall–Kier alpha value is -1.81. The molecule has 90 valence electrons. The molecule has 1 aromatic carbocycles. The number of aryl methyl sites for hydroxylation is 1. The van der Waals surface area contributed by atoms with Gasteiger partial charge in [0.15, 0.2) is 0 Å². The Labute approximate surface area is 113 Å². The molecular formula is C14H11BrN2O. The topological polar surface area (TPSA) is 26.5 Å². The fraction of sp³-hybridized carbons (Fsp3) is 0.0714. The highest BCUT2D eigenvalue weighted by Gasteiger charge is 2.05. The molecule has 0 spiro atoms. The number of aromatic nitrogens is 2. The highest BCUT2D eigenvalue weighted by Crippen LogP contribution is 2.28. The highest BCUT2D eigenvalue weighted by atomic mass is 79.9. The van der Waals surface area contributed by atoms with Crippen LogP contribution < -0.4 is 4.74 Å². The molecule has 0 fully saturated rings. The SMILES string of the molecule is Cc1ccc(Br)cc1Oc1cccc2nccn12. The maximum absolute atomic E-state index is 5.95. The van der Waals surface area contributed by atoms with Crippen molar-refractivity contribution in [3.8, 4) is 11.6 Å². The Morgan fingerprint density at radius 1 is 1.22 bits per heavy atom. The highest BCUT2D eigenvalue weighted by molar-refractivity contribution is 9.10. The second kappa shape index (κ2) is 4.46. The van der Waals surface area contributed by atoms with Crippen molar-refractivity contribution < 1.29 is 4.74 Å². The fourth-order valence-corrected chi connectivity index (χ4v) is 2.14. The molecule has 3 nitrogen and oxygen atoms in total. The van der Waals surface area contributed by atoms with E-state index in [-0.39, 0.29) is 0 Å². The van der Waals surface area contributed by atoms with Crippen molar-refractivity contribution in [3.63, 3.8) is 0 Å². The lowest BCUT2D eigenvalue weighted by atomic mass is 10.2. The maximum Gasteiger partial charge on any atom is 0.205 e. The fourth-order valence-electron chi connectivity index (χ4n) is 1.80. The molecule has 0 aliphatic heterocycles. The standard InChI is InChI=1S/C14H11BrN2O/c1-10-5-6-11(15)9-12(10)18-14-4-2-3-13-16-7-8-17(13)14/h2-9H,1H3. The van der Waals surface area contributed by atoms with E-state index in [2.05, 4.69) is 20.9 Å². The predicted octanol–water partition coefficient (Wildman–Crippen LogP) is 4.20. The van der Waals surface area contributed by atoms with Crippen molar-refractivity contribution in [1.82, 2.24) is 9.38 Å². The molecule has 18 heavy (non-hydrogen) atoms. The third-order valence-corrected chi connectivity index (χ3v) is 3.25. The predicted molar refractivity (Wildman–Crippen MR) is 74.1 cm³/mol. The summed E-state index contributed by atoms with van der Waals surface area (Å²) in [5.74, 6) is 1.59. The molecule has 0 aliphatic rings. The summed E-state index contributed by atoms with van der Waals surface area (Å²) in [5.41, 5.74) is 1.97. The van der Waals surface area contributed by atoms with Crippen LogP contribution in [0.5, 0.6) is 11.6 Å². The first-order chi connectivity index (χ1) is 8.74. The van der Waals surface area contributed by atoms with Gasteiger partial charge in [0.1, 0.15) is 11.4 Å². The van der Waals surface area contributed by atoms with Crippen molar-refractivity contribution in [1.29, 1.82) is 0 Å². The molecule has 2 heterocycles. The van der Waals surface area contributed by atoms with Crippen LogP contribution in [0.2, 0.25) is 0 Å². The van der Waals surface area contributed by atoms with Crippen LogP contribution >= 0.6 is 15.9 Å². The van der Waals surface area contributed by atoms with Crippen LogP contribution in [0.3, 0.4) is 0 Å². The first-order valence-corrected chi connectivity index (χ1v) is 6.39. The lowest BCUT2D eigenvalue weighted by Crippen LogP contribution is -1.94. The second-order valence-corrected chi connectivity index (χ2v) is 4.95. The number of nitrogens with zero attached hydrogens (tertiary/aromatic N) is 2. The van der Waals surface area contributed by atoms with Crippen LogP contribution in [0.15, 0.2) is 53.3 Å². The van der Waals surface area contributed by atoms with Gasteiger partial charge in [-0.25, -0.2) is 4.98 Å². The van der Waals surface area contributed by atoms with Gasteiger partial charge in [-0.1, -0.05) is 28.1 Å². The zero-order valence-corrected chi connectivity index (χ0v) is 11.4. The molecule has 0 amide bonds. The molecule has 3 rings (SSSR count). The Morgan fingerprint density at radius 2 is 2.11 bits per heavy atom. The zero-order chi connectivity index (χ0) is 12.5. The van der Waals surface area contributed by atoms with Crippen molar-refractivity contribution in [2.75, 3.05) is 0 Å². The van der Waals surface area contributed by atoms with E-state index in [9.17, 15) is 0 Å². The van der Waals surface area contributed by atoms with E-state index in [1.165, 1.54) is 0 Å². The molecule has 0 unspecified atom stereocenters. The number of fused-ring (bicyclic) bond motifs is 1. The summed E-state index contributed by atoms with van der Waals surface area (Å²) in [6, 6.07) is 11.8. The van der Waals surface area contributed by atoms with Crippen LogP contribution in [0.1, 0.15) is 5.56 Å². The molecule has 2 aromatic heterocycles. The van der Waals surface area contributed by atoms with Crippen LogP contribution in [0, 0.1) is 6.92 Å². The number of hydrogen-bond donors (Lipinski definition) is 0. The van der Waals surface area contributed by atoms with Crippen molar-refractivity contribution in [3.05, 3.63) is 58.8 Å². The smallest absolute Gasteiger partial charge is 0.205 e. The van der Waals surface area contributed by atoms with E-state index in [0.29, 0.717) is 0 Å². The van der Waals surface area contributed by atoms with E-state index in [1.807, 2.05) is 53.9 Å². The number of imidazole rings is 1. The summed E-state index contributed by atoms with van der Waals surface area (Å²) in [6.45, 7) is 2.02. The average Bonchev–Trinajstić information content (AvgIpc) is 2.83. The number of hydrogen-bond acceptors (Lipinski definition) is 2. The van der Waals surface area contributed by atoms with Gasteiger partial charge >= 0.3 is 0 Å². The first kappa shape index (κ1) is 11.3. The number of benzene rings is 1. The van der Waals surface area contributed by atoms with E-state index >= 15 is 0 Å². The average molecular weight is 303 g/mol. The van der Waals surface area contributed by atoms with E-state index in [0.717, 1.165) is 27.3 Å². The van der Waals surface area contributed by atoms with Gasteiger partial charge in [-0.2, -0.15) is 0 Å². The Morgan fingerprint density at radius 3 is 3.00 bits per heavy atom. The third kappa shape index (κ3) is 1.99. The molecule has 0 saturated heterocycles. The van der Waals surface area contributed by atoms with Crippen molar-refractivity contribution >= 4 is 21.6 Å². The quantitative estimate of drug-likeness (QED) is 0.709. The number of rotatable bonds is 2. The number of halogens is 1. The normalized spacial score (nSPS) is 10.8. The Bertz CT molecular complexity index is 706. The third-order valence-electron chi connectivity index (χ3n) is 2.76. The van der Waals surface area contributed by atoms with E-state index in [4.69, 9.17) is 4.74 Å². The Balaban J connectivity index is 2.06. The minimum atomic E-state index is 0.756. The second-order valence-electron chi connectivity index (χ2n) is 4.03. The maximum atomic E-state index is 5.95. The molecule has 0 atom stereocenters. The van der Waals surface area contributed by atoms with Gasteiger partial charge in [0.05, 0.1) is 0 Å². The van der Waals surface area contributed by atoms with Crippen molar-refractivity contribution in [2.24, 2.45) is 0 Å². The first-order valence-electron chi connectivity index (χ1n) is 5.60. The summed E-state index contributed by atoms with van der Waals surface area (Å²) in [6.07, 6.45) is 3.65. The lowest BCUT2D eigenvalue weighted by Gasteiger charge is -2.10. The van der Waals surface area contributed by atoms with Crippen LogP contribution in [0.25, 0.3) is 5.65 Å². The van der Waals surface area contributed by atoms with Gasteiger partial charge < -0.3 is 4.74 Å². The van der Waals surface area contributed by atoms with Gasteiger partial charge in [0.25, 0.3) is 0 Å². The molecule has 0 radical (unpaired) electrons.